The van der Waals surface area contributed by atoms with Gasteiger partial charge in [0.25, 0.3) is 0 Å². The van der Waals surface area contributed by atoms with Crippen LogP contribution in [0.3, 0.4) is 0 Å². The van der Waals surface area contributed by atoms with Crippen molar-refractivity contribution in [2.75, 3.05) is 7.05 Å². The van der Waals surface area contributed by atoms with E-state index in [4.69, 9.17) is 0 Å². The number of halogens is 1. The number of hydrogen-bond donors (Lipinski definition) is 2. The van der Waals surface area contributed by atoms with Crippen molar-refractivity contribution in [1.29, 1.82) is 0 Å². The Morgan fingerprint density at radius 1 is 1.47 bits per heavy atom. The summed E-state index contributed by atoms with van der Waals surface area (Å²) in [5, 5.41) is 5.46. The van der Waals surface area contributed by atoms with E-state index in [9.17, 15) is 9.18 Å². The normalized spacial score (nSPS) is 27.8. The van der Waals surface area contributed by atoms with Gasteiger partial charge in [0.15, 0.2) is 0 Å². The quantitative estimate of drug-likeness (QED) is 0.743. The van der Waals surface area contributed by atoms with E-state index < -0.39 is 18.3 Å². The minimum Gasteiger partial charge on any atom is -0.358 e. The lowest BCUT2D eigenvalue weighted by atomic mass is 10.0. The lowest BCUT2D eigenvalue weighted by Gasteiger charge is -2.28. The van der Waals surface area contributed by atoms with Crippen LogP contribution in [0.4, 0.5) is 4.39 Å². The van der Waals surface area contributed by atoms with E-state index in [-0.39, 0.29) is 5.91 Å². The molecule has 1 aliphatic rings. The molecule has 17 heavy (non-hydrogen) atoms. The number of aromatic nitrogens is 1. The standard InChI is InChI=1S/C12H14FN3O/c1-14-12(17)10-6-5-8(13)11(16-10)9-4-2-3-7-15-9/h2-8,10-11,16H,1H3,(H,14,17). The van der Waals surface area contributed by atoms with Crippen LogP contribution in [0.1, 0.15) is 11.7 Å². The first-order chi connectivity index (χ1) is 8.22. The molecule has 2 heterocycles. The van der Waals surface area contributed by atoms with Crippen LogP contribution >= 0.6 is 0 Å². The molecule has 0 saturated heterocycles. The molecule has 1 aromatic rings. The van der Waals surface area contributed by atoms with Gasteiger partial charge in [0.2, 0.25) is 5.91 Å². The van der Waals surface area contributed by atoms with Crippen LogP contribution in [-0.2, 0) is 4.79 Å². The highest BCUT2D eigenvalue weighted by molar-refractivity contribution is 5.83. The molecule has 2 rings (SSSR count). The average Bonchev–Trinajstić information content (AvgIpc) is 2.39. The van der Waals surface area contributed by atoms with Crippen LogP contribution < -0.4 is 10.6 Å². The summed E-state index contributed by atoms with van der Waals surface area (Å²) in [6, 6.07) is 4.21. The third kappa shape index (κ3) is 2.50. The highest BCUT2D eigenvalue weighted by atomic mass is 19.1. The maximum atomic E-state index is 13.8. The maximum absolute atomic E-state index is 13.8. The van der Waals surface area contributed by atoms with Gasteiger partial charge in [-0.3, -0.25) is 15.1 Å². The molecule has 3 unspecified atom stereocenters. The number of alkyl halides is 1. The van der Waals surface area contributed by atoms with Crippen LogP contribution in [0.25, 0.3) is 0 Å². The molecule has 0 aromatic carbocycles. The van der Waals surface area contributed by atoms with Gasteiger partial charge in [-0.05, 0) is 12.1 Å². The lowest BCUT2D eigenvalue weighted by molar-refractivity contribution is -0.122. The molecule has 1 aromatic heterocycles. The lowest BCUT2D eigenvalue weighted by Crippen LogP contribution is -2.48. The van der Waals surface area contributed by atoms with Crippen molar-refractivity contribution in [3.8, 4) is 0 Å². The van der Waals surface area contributed by atoms with Crippen LogP contribution in [-0.4, -0.2) is 30.2 Å². The summed E-state index contributed by atoms with van der Waals surface area (Å²) in [6.07, 6.45) is 3.36. The summed E-state index contributed by atoms with van der Waals surface area (Å²) in [5.74, 6) is -0.186. The van der Waals surface area contributed by atoms with Gasteiger partial charge in [0.05, 0.1) is 11.7 Å². The maximum Gasteiger partial charge on any atom is 0.240 e. The number of nitrogens with one attached hydrogen (secondary N) is 2. The molecule has 2 N–H and O–H groups in total. The molecule has 3 atom stereocenters. The van der Waals surface area contributed by atoms with Gasteiger partial charge < -0.3 is 5.32 Å². The number of hydrogen-bond acceptors (Lipinski definition) is 3. The predicted molar refractivity (Wildman–Crippen MR) is 62.0 cm³/mol. The Labute approximate surface area is 98.9 Å². The van der Waals surface area contributed by atoms with Crippen LogP contribution in [0.2, 0.25) is 0 Å². The molecule has 1 amide bonds. The van der Waals surface area contributed by atoms with Crippen molar-refractivity contribution in [2.24, 2.45) is 0 Å². The minimum atomic E-state index is -1.18. The van der Waals surface area contributed by atoms with Crippen LogP contribution in [0.5, 0.6) is 0 Å². The number of carbonyl (C=O) groups excluding carboxylic acids is 1. The highest BCUT2D eigenvalue weighted by Gasteiger charge is 2.30. The van der Waals surface area contributed by atoms with Gasteiger partial charge in [-0.2, -0.15) is 0 Å². The topological polar surface area (TPSA) is 54.0 Å². The molecule has 0 radical (unpaired) electrons. The SMILES string of the molecule is CNC(=O)C1C=CC(F)C(c2ccccn2)N1. The van der Waals surface area contributed by atoms with Gasteiger partial charge in [0, 0.05) is 13.2 Å². The monoisotopic (exact) mass is 235 g/mol. The molecular formula is C12H14FN3O. The van der Waals surface area contributed by atoms with Gasteiger partial charge >= 0.3 is 0 Å². The number of amides is 1. The highest BCUT2D eigenvalue weighted by Crippen LogP contribution is 2.22. The Bertz CT molecular complexity index is 421. The van der Waals surface area contributed by atoms with Crippen molar-refractivity contribution >= 4 is 5.91 Å². The number of rotatable bonds is 2. The minimum absolute atomic E-state index is 0.186. The molecule has 0 bridgehead atoms. The number of carbonyl (C=O) groups is 1. The zero-order chi connectivity index (χ0) is 12.3. The van der Waals surface area contributed by atoms with Crippen molar-refractivity contribution in [3.05, 3.63) is 42.2 Å². The first kappa shape index (κ1) is 11.7. The number of likely N-dealkylation sites (N-methyl/N-ethyl adjacent to an activating group) is 1. The van der Waals surface area contributed by atoms with E-state index in [1.54, 1.807) is 31.4 Å². The van der Waals surface area contributed by atoms with Gasteiger partial charge in [-0.15, -0.1) is 0 Å². The molecule has 0 fully saturated rings. The zero-order valence-corrected chi connectivity index (χ0v) is 9.43. The Kier molecular flexibility index (Phi) is 3.49. The first-order valence-electron chi connectivity index (χ1n) is 5.43. The van der Waals surface area contributed by atoms with Crippen molar-refractivity contribution in [2.45, 2.75) is 18.3 Å². The smallest absolute Gasteiger partial charge is 0.240 e. The molecule has 90 valence electrons. The predicted octanol–water partition coefficient (Wildman–Crippen LogP) is 0.735. The van der Waals surface area contributed by atoms with Crippen molar-refractivity contribution < 1.29 is 9.18 Å². The molecule has 0 spiro atoms. The molecule has 1 aliphatic heterocycles. The summed E-state index contributed by atoms with van der Waals surface area (Å²) >= 11 is 0. The van der Waals surface area contributed by atoms with E-state index in [0.29, 0.717) is 5.69 Å². The van der Waals surface area contributed by atoms with Crippen LogP contribution in [0.15, 0.2) is 36.5 Å². The molecule has 4 nitrogen and oxygen atoms in total. The summed E-state index contributed by atoms with van der Waals surface area (Å²) < 4.78 is 13.8. The summed E-state index contributed by atoms with van der Waals surface area (Å²) in [4.78, 5) is 15.6. The molecule has 0 saturated carbocycles. The van der Waals surface area contributed by atoms with E-state index in [0.717, 1.165) is 0 Å². The van der Waals surface area contributed by atoms with Gasteiger partial charge in [-0.1, -0.05) is 18.2 Å². The van der Waals surface area contributed by atoms with Gasteiger partial charge in [0.1, 0.15) is 12.2 Å². The Morgan fingerprint density at radius 3 is 2.94 bits per heavy atom. The van der Waals surface area contributed by atoms with Crippen molar-refractivity contribution in [3.63, 3.8) is 0 Å². The third-order valence-corrected chi connectivity index (χ3v) is 2.70. The number of nitrogens with zero attached hydrogens (tertiary/aromatic N) is 1. The largest absolute Gasteiger partial charge is 0.358 e. The number of pyridine rings is 1. The zero-order valence-electron chi connectivity index (χ0n) is 9.43. The molecule has 0 aliphatic carbocycles. The fourth-order valence-electron chi connectivity index (χ4n) is 1.80. The van der Waals surface area contributed by atoms with Gasteiger partial charge in [-0.25, -0.2) is 4.39 Å². The molecular weight excluding hydrogens is 221 g/mol. The second-order valence-corrected chi connectivity index (χ2v) is 3.82. The Balaban J connectivity index is 2.19. The Morgan fingerprint density at radius 2 is 2.29 bits per heavy atom. The third-order valence-electron chi connectivity index (χ3n) is 2.70. The second kappa shape index (κ2) is 5.05. The van der Waals surface area contributed by atoms with E-state index in [1.807, 2.05) is 0 Å². The first-order valence-corrected chi connectivity index (χ1v) is 5.43. The summed E-state index contributed by atoms with van der Waals surface area (Å²) in [7, 11) is 1.55. The van der Waals surface area contributed by atoms with E-state index in [1.165, 1.54) is 12.2 Å². The van der Waals surface area contributed by atoms with E-state index >= 15 is 0 Å². The fourth-order valence-corrected chi connectivity index (χ4v) is 1.80. The van der Waals surface area contributed by atoms with E-state index in [2.05, 4.69) is 15.6 Å². The van der Waals surface area contributed by atoms with Crippen LogP contribution in [0, 0.1) is 0 Å². The van der Waals surface area contributed by atoms with Crippen molar-refractivity contribution in [1.82, 2.24) is 15.6 Å². The Hall–Kier alpha value is -1.75. The average molecular weight is 235 g/mol. The summed E-state index contributed by atoms with van der Waals surface area (Å²) in [6.45, 7) is 0. The fraction of sp³-hybridized carbons (Fsp3) is 0.333. The molecule has 5 heteroatoms. The summed E-state index contributed by atoms with van der Waals surface area (Å²) in [5.41, 5.74) is 0.596. The second-order valence-electron chi connectivity index (χ2n) is 3.82.